The second kappa shape index (κ2) is 7.40. The van der Waals surface area contributed by atoms with Gasteiger partial charge in [0.1, 0.15) is 5.76 Å². The van der Waals surface area contributed by atoms with Crippen LogP contribution in [-0.4, -0.2) is 16.1 Å². The summed E-state index contributed by atoms with van der Waals surface area (Å²) in [6, 6.07) is 15.3. The fourth-order valence-corrected chi connectivity index (χ4v) is 2.26. The lowest BCUT2D eigenvalue weighted by atomic mass is 10.1. The summed E-state index contributed by atoms with van der Waals surface area (Å²) in [5.41, 5.74) is 2.23. The maximum absolute atomic E-state index is 12.1. The molecule has 0 saturated carbocycles. The average molecular weight is 335 g/mol. The first-order chi connectivity index (χ1) is 12.1. The van der Waals surface area contributed by atoms with Crippen LogP contribution in [0.1, 0.15) is 27.2 Å². The molecule has 126 valence electrons. The molecule has 25 heavy (non-hydrogen) atoms. The fraction of sp³-hybridized carbons (Fsp3) is 0.0500. The summed E-state index contributed by atoms with van der Waals surface area (Å²) in [6.45, 7) is 0.345. The zero-order valence-electron chi connectivity index (χ0n) is 13.3. The van der Waals surface area contributed by atoms with Crippen molar-refractivity contribution in [2.75, 3.05) is 0 Å². The van der Waals surface area contributed by atoms with Crippen molar-refractivity contribution in [1.82, 2.24) is 5.32 Å². The Morgan fingerprint density at radius 3 is 2.36 bits per heavy atom. The first kappa shape index (κ1) is 16.4. The maximum Gasteiger partial charge on any atom is 0.251 e. The van der Waals surface area contributed by atoms with Gasteiger partial charge >= 0.3 is 0 Å². The molecule has 3 rings (SSSR count). The van der Waals surface area contributed by atoms with E-state index in [2.05, 4.69) is 5.32 Å². The van der Waals surface area contributed by atoms with Crippen molar-refractivity contribution in [3.05, 3.63) is 83.3 Å². The van der Waals surface area contributed by atoms with Crippen LogP contribution in [0.25, 0.3) is 12.2 Å². The number of rotatable bonds is 5. The largest absolute Gasteiger partial charge is 0.504 e. The molecule has 0 fully saturated rings. The Morgan fingerprint density at radius 1 is 0.960 bits per heavy atom. The molecule has 3 aromatic rings. The van der Waals surface area contributed by atoms with Gasteiger partial charge < -0.3 is 19.9 Å². The second-order valence-corrected chi connectivity index (χ2v) is 5.47. The summed E-state index contributed by atoms with van der Waals surface area (Å²) in [5, 5.41) is 21.6. The molecule has 0 saturated heterocycles. The molecule has 0 aliphatic rings. The van der Waals surface area contributed by atoms with Crippen LogP contribution in [0.3, 0.4) is 0 Å². The molecule has 0 aliphatic carbocycles. The molecular weight excluding hydrogens is 318 g/mol. The monoisotopic (exact) mass is 335 g/mol. The summed E-state index contributed by atoms with van der Waals surface area (Å²) in [6.07, 6.45) is 5.23. The van der Waals surface area contributed by atoms with E-state index in [1.165, 1.54) is 12.1 Å². The van der Waals surface area contributed by atoms with Crippen LogP contribution >= 0.6 is 0 Å². The van der Waals surface area contributed by atoms with E-state index >= 15 is 0 Å². The third kappa shape index (κ3) is 4.29. The molecule has 0 atom stereocenters. The quantitative estimate of drug-likeness (QED) is 0.489. The predicted molar refractivity (Wildman–Crippen MR) is 95.0 cm³/mol. The van der Waals surface area contributed by atoms with Gasteiger partial charge in [-0.2, -0.15) is 0 Å². The summed E-state index contributed by atoms with van der Waals surface area (Å²) in [5.74, 6) is 0.216. The highest BCUT2D eigenvalue weighted by Gasteiger charge is 2.05. The summed E-state index contributed by atoms with van der Waals surface area (Å²) in [4.78, 5) is 12.1. The zero-order valence-corrected chi connectivity index (χ0v) is 13.3. The van der Waals surface area contributed by atoms with E-state index in [0.29, 0.717) is 17.9 Å². The molecule has 0 bridgehead atoms. The number of aromatic hydroxyl groups is 2. The highest BCUT2D eigenvalue weighted by atomic mass is 16.3. The van der Waals surface area contributed by atoms with Crippen LogP contribution in [0.15, 0.2) is 65.3 Å². The van der Waals surface area contributed by atoms with Crippen molar-refractivity contribution in [3.63, 3.8) is 0 Å². The summed E-state index contributed by atoms with van der Waals surface area (Å²) in [7, 11) is 0. The Labute approximate surface area is 144 Å². The molecule has 0 spiro atoms. The van der Waals surface area contributed by atoms with Crippen LogP contribution < -0.4 is 5.32 Å². The third-order valence-corrected chi connectivity index (χ3v) is 3.64. The van der Waals surface area contributed by atoms with E-state index in [1.807, 2.05) is 24.3 Å². The topological polar surface area (TPSA) is 82.7 Å². The Morgan fingerprint density at radius 2 is 1.68 bits per heavy atom. The van der Waals surface area contributed by atoms with Crippen molar-refractivity contribution < 1.29 is 19.4 Å². The van der Waals surface area contributed by atoms with Crippen molar-refractivity contribution in [2.45, 2.75) is 6.54 Å². The molecule has 5 heteroatoms. The standard InChI is InChI=1S/C20H17NO4/c22-18-10-7-15(12-19(18)23)4-3-14-5-8-16(9-6-14)20(24)21-13-17-2-1-11-25-17/h1-12,22-23H,13H2,(H,21,24)/b4-3+. The highest BCUT2D eigenvalue weighted by Crippen LogP contribution is 2.25. The van der Waals surface area contributed by atoms with Crippen LogP contribution in [0.5, 0.6) is 11.5 Å². The Balaban J connectivity index is 1.62. The molecule has 2 aromatic carbocycles. The lowest BCUT2D eigenvalue weighted by Gasteiger charge is -2.04. The number of benzene rings is 2. The summed E-state index contributed by atoms with van der Waals surface area (Å²) >= 11 is 0. The number of amides is 1. The normalized spacial score (nSPS) is 10.9. The molecule has 1 heterocycles. The van der Waals surface area contributed by atoms with Crippen molar-refractivity contribution in [3.8, 4) is 11.5 Å². The summed E-state index contributed by atoms with van der Waals surface area (Å²) < 4.78 is 5.17. The van der Waals surface area contributed by atoms with E-state index < -0.39 is 0 Å². The highest BCUT2D eigenvalue weighted by molar-refractivity contribution is 5.94. The average Bonchev–Trinajstić information content (AvgIpc) is 3.15. The van der Waals surface area contributed by atoms with E-state index in [4.69, 9.17) is 4.42 Å². The number of carbonyl (C=O) groups excluding carboxylic acids is 1. The van der Waals surface area contributed by atoms with Gasteiger partial charge in [0.15, 0.2) is 11.5 Å². The molecule has 0 radical (unpaired) electrons. The molecular formula is C20H17NO4. The number of nitrogens with one attached hydrogen (secondary N) is 1. The number of phenols is 2. The smallest absolute Gasteiger partial charge is 0.251 e. The Hall–Kier alpha value is -3.47. The lowest BCUT2D eigenvalue weighted by Crippen LogP contribution is -2.22. The number of furan rings is 1. The van der Waals surface area contributed by atoms with E-state index in [1.54, 1.807) is 36.6 Å². The minimum atomic E-state index is -0.171. The van der Waals surface area contributed by atoms with Crippen LogP contribution in [0.4, 0.5) is 0 Å². The lowest BCUT2D eigenvalue weighted by molar-refractivity contribution is 0.0948. The van der Waals surface area contributed by atoms with Crippen LogP contribution in [-0.2, 0) is 6.54 Å². The number of phenolic OH excluding ortho intramolecular Hbond substituents is 2. The Kier molecular flexibility index (Phi) is 4.85. The van der Waals surface area contributed by atoms with Crippen LogP contribution in [0.2, 0.25) is 0 Å². The van der Waals surface area contributed by atoms with Gasteiger partial charge in [-0.15, -0.1) is 0 Å². The van der Waals surface area contributed by atoms with Gasteiger partial charge in [-0.05, 0) is 47.5 Å². The van der Waals surface area contributed by atoms with Gasteiger partial charge in [0.25, 0.3) is 5.91 Å². The zero-order chi connectivity index (χ0) is 17.6. The maximum atomic E-state index is 12.1. The Bertz CT molecular complexity index is 881. The number of hydrogen-bond acceptors (Lipinski definition) is 4. The van der Waals surface area contributed by atoms with Crippen molar-refractivity contribution in [1.29, 1.82) is 0 Å². The molecule has 1 amide bonds. The van der Waals surface area contributed by atoms with Gasteiger partial charge in [-0.3, -0.25) is 4.79 Å². The molecule has 5 nitrogen and oxygen atoms in total. The SMILES string of the molecule is O=C(NCc1ccco1)c1ccc(/C=C/c2ccc(O)c(O)c2)cc1. The predicted octanol–water partition coefficient (Wildman–Crippen LogP) is 3.79. The minimum absolute atomic E-state index is 0.151. The van der Waals surface area contributed by atoms with Gasteiger partial charge in [-0.1, -0.05) is 30.4 Å². The van der Waals surface area contributed by atoms with Gasteiger partial charge in [0, 0.05) is 5.56 Å². The fourth-order valence-electron chi connectivity index (χ4n) is 2.26. The second-order valence-electron chi connectivity index (χ2n) is 5.47. The van der Waals surface area contributed by atoms with Crippen molar-refractivity contribution in [2.24, 2.45) is 0 Å². The van der Waals surface area contributed by atoms with Gasteiger partial charge in [-0.25, -0.2) is 0 Å². The molecule has 0 unspecified atom stereocenters. The van der Waals surface area contributed by atoms with Crippen molar-refractivity contribution >= 4 is 18.1 Å². The first-order valence-corrected chi connectivity index (χ1v) is 7.72. The van der Waals surface area contributed by atoms with Gasteiger partial charge in [0.2, 0.25) is 0 Å². The molecule has 0 aliphatic heterocycles. The minimum Gasteiger partial charge on any atom is -0.504 e. The van der Waals surface area contributed by atoms with E-state index in [-0.39, 0.29) is 17.4 Å². The number of hydrogen-bond donors (Lipinski definition) is 3. The molecule has 1 aromatic heterocycles. The van der Waals surface area contributed by atoms with Crippen LogP contribution in [0, 0.1) is 0 Å². The van der Waals surface area contributed by atoms with E-state index in [9.17, 15) is 15.0 Å². The number of carbonyl (C=O) groups is 1. The third-order valence-electron chi connectivity index (χ3n) is 3.64. The molecule has 3 N–H and O–H groups in total. The van der Waals surface area contributed by atoms with E-state index in [0.717, 1.165) is 11.1 Å². The van der Waals surface area contributed by atoms with Gasteiger partial charge in [0.05, 0.1) is 12.8 Å². The first-order valence-electron chi connectivity index (χ1n) is 7.72.